The molecule has 3 rings (SSSR count). The minimum atomic E-state index is -0.380. The van der Waals surface area contributed by atoms with Crippen LogP contribution in [0.1, 0.15) is 27.4 Å². The highest BCUT2D eigenvalue weighted by molar-refractivity contribution is 6.31. The third-order valence-electron chi connectivity index (χ3n) is 4.26. The fourth-order valence-electron chi connectivity index (χ4n) is 2.68. The molecule has 28 heavy (non-hydrogen) atoms. The molecular formula is C21H21ClN4O2. The summed E-state index contributed by atoms with van der Waals surface area (Å²) in [6, 6.07) is 12.6. The van der Waals surface area contributed by atoms with Crippen LogP contribution in [0, 0.1) is 20.8 Å². The van der Waals surface area contributed by atoms with Gasteiger partial charge in [-0.3, -0.25) is 4.79 Å². The summed E-state index contributed by atoms with van der Waals surface area (Å²) < 4.78 is 5.27. The van der Waals surface area contributed by atoms with Gasteiger partial charge >= 0.3 is 0 Å². The first-order valence-corrected chi connectivity index (χ1v) is 9.08. The fourth-order valence-corrected chi connectivity index (χ4v) is 2.85. The Hall–Kier alpha value is -3.12. The van der Waals surface area contributed by atoms with Crippen LogP contribution in [0.5, 0.6) is 5.75 Å². The molecule has 0 fully saturated rings. The predicted octanol–water partition coefficient (Wildman–Crippen LogP) is 5.06. The maximum Gasteiger partial charge on any atom is 0.274 e. The van der Waals surface area contributed by atoms with Gasteiger partial charge in [0, 0.05) is 16.8 Å². The molecule has 1 amide bonds. The smallest absolute Gasteiger partial charge is 0.274 e. The van der Waals surface area contributed by atoms with Crippen molar-refractivity contribution in [3.63, 3.8) is 0 Å². The molecule has 6 nitrogen and oxygen atoms in total. The number of hydrogen-bond acceptors (Lipinski definition) is 5. The van der Waals surface area contributed by atoms with E-state index in [1.54, 1.807) is 31.2 Å². The fraction of sp³-hybridized carbons (Fsp3) is 0.190. The molecule has 3 aromatic rings. The molecule has 0 saturated heterocycles. The molecule has 7 heteroatoms. The van der Waals surface area contributed by atoms with E-state index in [-0.39, 0.29) is 11.6 Å². The minimum Gasteiger partial charge on any atom is -0.495 e. The SMILES string of the molecule is COc1ccc(Cl)cc1NC(=O)c1cc(Nc2ccc(C)c(C)c2)nc(C)n1. The Kier molecular flexibility index (Phi) is 5.80. The van der Waals surface area contributed by atoms with E-state index in [9.17, 15) is 4.79 Å². The van der Waals surface area contributed by atoms with Crippen molar-refractivity contribution in [1.29, 1.82) is 0 Å². The highest BCUT2D eigenvalue weighted by Gasteiger charge is 2.14. The Morgan fingerprint density at radius 1 is 1.00 bits per heavy atom. The summed E-state index contributed by atoms with van der Waals surface area (Å²) >= 11 is 6.03. The number of rotatable bonds is 5. The molecule has 0 bridgehead atoms. The Balaban J connectivity index is 1.85. The Labute approximate surface area is 168 Å². The summed E-state index contributed by atoms with van der Waals surface area (Å²) in [6.07, 6.45) is 0. The van der Waals surface area contributed by atoms with E-state index in [0.29, 0.717) is 28.1 Å². The lowest BCUT2D eigenvalue weighted by Gasteiger charge is -2.12. The average molecular weight is 397 g/mol. The van der Waals surface area contributed by atoms with Gasteiger partial charge in [0.2, 0.25) is 0 Å². The van der Waals surface area contributed by atoms with Crippen LogP contribution in [0.3, 0.4) is 0 Å². The van der Waals surface area contributed by atoms with Gasteiger partial charge in [-0.15, -0.1) is 0 Å². The summed E-state index contributed by atoms with van der Waals surface area (Å²) in [7, 11) is 1.53. The molecule has 2 aromatic carbocycles. The van der Waals surface area contributed by atoms with Gasteiger partial charge in [-0.1, -0.05) is 17.7 Å². The number of halogens is 1. The zero-order valence-corrected chi connectivity index (χ0v) is 16.9. The summed E-state index contributed by atoms with van der Waals surface area (Å²) in [5.74, 6) is 1.15. The summed E-state index contributed by atoms with van der Waals surface area (Å²) in [4.78, 5) is 21.3. The largest absolute Gasteiger partial charge is 0.495 e. The van der Waals surface area contributed by atoms with E-state index in [2.05, 4.69) is 27.5 Å². The van der Waals surface area contributed by atoms with Crippen LogP contribution in [0.4, 0.5) is 17.2 Å². The Morgan fingerprint density at radius 3 is 2.50 bits per heavy atom. The number of amides is 1. The van der Waals surface area contributed by atoms with E-state index in [4.69, 9.17) is 16.3 Å². The molecule has 0 spiro atoms. The second-order valence-corrected chi connectivity index (χ2v) is 6.84. The average Bonchev–Trinajstić information content (AvgIpc) is 2.64. The molecule has 144 valence electrons. The first-order valence-electron chi connectivity index (χ1n) is 8.70. The van der Waals surface area contributed by atoms with Crippen LogP contribution >= 0.6 is 11.6 Å². The lowest BCUT2D eigenvalue weighted by atomic mass is 10.1. The van der Waals surface area contributed by atoms with Gasteiger partial charge in [0.15, 0.2) is 0 Å². The molecule has 0 aliphatic heterocycles. The summed E-state index contributed by atoms with van der Waals surface area (Å²) in [5.41, 5.74) is 3.98. The summed E-state index contributed by atoms with van der Waals surface area (Å²) in [5, 5.41) is 6.51. The van der Waals surface area contributed by atoms with Crippen molar-refractivity contribution in [2.45, 2.75) is 20.8 Å². The van der Waals surface area contributed by atoms with Crippen molar-refractivity contribution in [3.05, 3.63) is 70.1 Å². The third kappa shape index (κ3) is 4.58. The molecule has 1 heterocycles. The number of carbonyl (C=O) groups is 1. The lowest BCUT2D eigenvalue weighted by molar-refractivity contribution is 0.102. The van der Waals surface area contributed by atoms with Crippen LogP contribution in [0.2, 0.25) is 5.02 Å². The first-order chi connectivity index (χ1) is 13.4. The second kappa shape index (κ2) is 8.27. The quantitative estimate of drug-likeness (QED) is 0.630. The Bertz CT molecular complexity index is 1040. The van der Waals surface area contributed by atoms with Gasteiger partial charge < -0.3 is 15.4 Å². The number of carbonyl (C=O) groups excluding carboxylic acids is 1. The third-order valence-corrected chi connectivity index (χ3v) is 4.49. The lowest BCUT2D eigenvalue weighted by Crippen LogP contribution is -2.16. The molecule has 0 unspecified atom stereocenters. The van der Waals surface area contributed by atoms with E-state index in [0.717, 1.165) is 5.69 Å². The van der Waals surface area contributed by atoms with Gasteiger partial charge in [-0.2, -0.15) is 0 Å². The monoisotopic (exact) mass is 396 g/mol. The first kappa shape index (κ1) is 19.6. The zero-order chi connectivity index (χ0) is 20.3. The van der Waals surface area contributed by atoms with Gasteiger partial charge in [0.25, 0.3) is 5.91 Å². The highest BCUT2D eigenvalue weighted by atomic mass is 35.5. The van der Waals surface area contributed by atoms with Crippen molar-refractivity contribution in [2.75, 3.05) is 17.7 Å². The van der Waals surface area contributed by atoms with Crippen LogP contribution in [-0.2, 0) is 0 Å². The number of methoxy groups -OCH3 is 1. The van der Waals surface area contributed by atoms with E-state index in [1.165, 1.54) is 18.2 Å². The van der Waals surface area contributed by atoms with Gasteiger partial charge in [0.05, 0.1) is 12.8 Å². The number of ether oxygens (including phenoxy) is 1. The van der Waals surface area contributed by atoms with E-state index >= 15 is 0 Å². The van der Waals surface area contributed by atoms with Crippen LogP contribution in [0.15, 0.2) is 42.5 Å². The van der Waals surface area contributed by atoms with Crippen molar-refractivity contribution in [2.24, 2.45) is 0 Å². The van der Waals surface area contributed by atoms with E-state index in [1.807, 2.05) is 25.1 Å². The molecule has 0 aliphatic rings. The molecular weight excluding hydrogens is 376 g/mol. The predicted molar refractivity (Wildman–Crippen MR) is 112 cm³/mol. The summed E-state index contributed by atoms with van der Waals surface area (Å²) in [6.45, 7) is 5.84. The molecule has 0 saturated carbocycles. The van der Waals surface area contributed by atoms with Crippen molar-refractivity contribution in [1.82, 2.24) is 9.97 Å². The van der Waals surface area contributed by atoms with Crippen LogP contribution < -0.4 is 15.4 Å². The van der Waals surface area contributed by atoms with Crippen molar-refractivity contribution in [3.8, 4) is 5.75 Å². The van der Waals surface area contributed by atoms with Gasteiger partial charge in [-0.25, -0.2) is 9.97 Å². The maximum absolute atomic E-state index is 12.7. The van der Waals surface area contributed by atoms with Gasteiger partial charge in [-0.05, 0) is 62.2 Å². The number of hydrogen-bond donors (Lipinski definition) is 2. The topological polar surface area (TPSA) is 76.1 Å². The normalized spacial score (nSPS) is 10.5. The van der Waals surface area contributed by atoms with Crippen LogP contribution in [-0.4, -0.2) is 23.0 Å². The molecule has 2 N–H and O–H groups in total. The van der Waals surface area contributed by atoms with Crippen molar-refractivity contribution < 1.29 is 9.53 Å². The van der Waals surface area contributed by atoms with Gasteiger partial charge in [0.1, 0.15) is 23.1 Å². The maximum atomic E-state index is 12.7. The number of nitrogens with one attached hydrogen (secondary N) is 2. The second-order valence-electron chi connectivity index (χ2n) is 6.41. The highest BCUT2D eigenvalue weighted by Crippen LogP contribution is 2.28. The van der Waals surface area contributed by atoms with E-state index < -0.39 is 0 Å². The molecule has 0 aliphatic carbocycles. The Morgan fingerprint density at radius 2 is 1.79 bits per heavy atom. The standard InChI is InChI=1S/C21H21ClN4O2/c1-12-5-7-16(9-13(12)2)25-20-11-18(23-14(3)24-20)21(27)26-17-10-15(22)6-8-19(17)28-4/h5-11H,1-4H3,(H,26,27)(H,23,24,25). The molecule has 0 atom stereocenters. The number of aromatic nitrogens is 2. The minimum absolute atomic E-state index is 0.237. The molecule has 1 aromatic heterocycles. The number of anilines is 3. The molecule has 0 radical (unpaired) electrons. The number of benzene rings is 2. The zero-order valence-electron chi connectivity index (χ0n) is 16.1. The number of aryl methyl sites for hydroxylation is 3. The number of nitrogens with zero attached hydrogens (tertiary/aromatic N) is 2. The van der Waals surface area contributed by atoms with Crippen LogP contribution in [0.25, 0.3) is 0 Å². The van der Waals surface area contributed by atoms with Crippen molar-refractivity contribution >= 4 is 34.7 Å².